The third kappa shape index (κ3) is 3.80. The minimum atomic E-state index is -0.167. The zero-order valence-electron chi connectivity index (χ0n) is 15.3. The second-order valence-electron chi connectivity index (χ2n) is 6.38. The number of thioether (sulfide) groups is 1. The zero-order chi connectivity index (χ0) is 17.9. The van der Waals surface area contributed by atoms with Gasteiger partial charge in [0.1, 0.15) is 0 Å². The van der Waals surface area contributed by atoms with E-state index in [1.807, 2.05) is 12.1 Å². The summed E-state index contributed by atoms with van der Waals surface area (Å²) in [6.45, 7) is 9.04. The van der Waals surface area contributed by atoms with Gasteiger partial charge in [0.2, 0.25) is 5.91 Å². The molecular formula is C18H26N4OS. The summed E-state index contributed by atoms with van der Waals surface area (Å²) < 4.78 is 2.09. The van der Waals surface area contributed by atoms with Crippen LogP contribution in [-0.4, -0.2) is 44.9 Å². The fourth-order valence-corrected chi connectivity index (χ4v) is 3.77. The average Bonchev–Trinajstić information content (AvgIpc) is 2.94. The summed E-state index contributed by atoms with van der Waals surface area (Å²) in [6, 6.07) is 8.16. The first kappa shape index (κ1) is 18.5. The fraction of sp³-hybridized carbons (Fsp3) is 0.500. The van der Waals surface area contributed by atoms with Crippen LogP contribution in [0.2, 0.25) is 0 Å². The Morgan fingerprint density at radius 1 is 1.25 bits per heavy atom. The Labute approximate surface area is 148 Å². The van der Waals surface area contributed by atoms with E-state index in [2.05, 4.69) is 54.6 Å². The smallest absolute Gasteiger partial charge is 0.235 e. The molecule has 1 amide bonds. The van der Waals surface area contributed by atoms with Gasteiger partial charge in [0.15, 0.2) is 11.0 Å². The second kappa shape index (κ2) is 7.83. The first-order valence-corrected chi connectivity index (χ1v) is 9.11. The molecule has 1 heterocycles. The summed E-state index contributed by atoms with van der Waals surface area (Å²) in [4.78, 5) is 14.1. The normalized spacial score (nSPS) is 12.5. The number of aromatic nitrogens is 3. The highest BCUT2D eigenvalue weighted by Gasteiger charge is 2.28. The number of rotatable bonds is 6. The summed E-state index contributed by atoms with van der Waals surface area (Å²) in [6.07, 6.45) is 0. The highest BCUT2D eigenvalue weighted by atomic mass is 32.2. The van der Waals surface area contributed by atoms with E-state index in [-0.39, 0.29) is 17.1 Å². The molecule has 0 saturated carbocycles. The van der Waals surface area contributed by atoms with Crippen LogP contribution in [0.25, 0.3) is 11.4 Å². The van der Waals surface area contributed by atoms with Crippen molar-refractivity contribution in [3.8, 4) is 11.4 Å². The maximum Gasteiger partial charge on any atom is 0.235 e. The summed E-state index contributed by atoms with van der Waals surface area (Å²) >= 11 is 1.50. The summed E-state index contributed by atoms with van der Waals surface area (Å²) in [7, 11) is 3.59. The van der Waals surface area contributed by atoms with Crippen molar-refractivity contribution in [1.29, 1.82) is 0 Å². The van der Waals surface area contributed by atoms with E-state index in [1.165, 1.54) is 17.3 Å². The molecule has 0 saturated heterocycles. The van der Waals surface area contributed by atoms with Crippen LogP contribution >= 0.6 is 11.8 Å². The lowest BCUT2D eigenvalue weighted by atomic mass is 10.1. The summed E-state index contributed by atoms with van der Waals surface area (Å²) in [5, 5.41) is 9.40. The molecule has 0 aliphatic heterocycles. The number of nitrogens with zero attached hydrogens (tertiary/aromatic N) is 4. The van der Waals surface area contributed by atoms with Crippen LogP contribution in [0.3, 0.4) is 0 Å². The molecule has 1 aromatic carbocycles. The minimum absolute atomic E-state index is 0.109. The lowest BCUT2D eigenvalue weighted by Gasteiger charge is -2.22. The molecule has 0 aliphatic rings. The lowest BCUT2D eigenvalue weighted by Crippen LogP contribution is -2.35. The van der Waals surface area contributed by atoms with E-state index >= 15 is 0 Å². The molecule has 5 nitrogen and oxygen atoms in total. The van der Waals surface area contributed by atoms with Gasteiger partial charge in [-0.3, -0.25) is 4.79 Å². The van der Waals surface area contributed by atoms with Crippen LogP contribution < -0.4 is 0 Å². The van der Waals surface area contributed by atoms with E-state index in [0.717, 1.165) is 23.1 Å². The fourth-order valence-electron chi connectivity index (χ4n) is 2.52. The van der Waals surface area contributed by atoms with Crippen molar-refractivity contribution in [2.75, 3.05) is 14.1 Å². The standard InChI is InChI=1S/C18H26N4OS/c1-7-22-16(14-11-9-8-10-13(14)4)19-20-18(22)24-15(12(2)3)17(23)21(5)6/h8-12,15H,7H2,1-6H3. The maximum atomic E-state index is 12.5. The van der Waals surface area contributed by atoms with Crippen molar-refractivity contribution in [3.05, 3.63) is 29.8 Å². The van der Waals surface area contributed by atoms with Crippen LogP contribution in [0.1, 0.15) is 26.3 Å². The van der Waals surface area contributed by atoms with E-state index in [9.17, 15) is 4.79 Å². The van der Waals surface area contributed by atoms with E-state index in [4.69, 9.17) is 0 Å². The minimum Gasteiger partial charge on any atom is -0.348 e. The Hall–Kier alpha value is -1.82. The van der Waals surface area contributed by atoms with E-state index in [0.29, 0.717) is 0 Å². The van der Waals surface area contributed by atoms with Gasteiger partial charge in [-0.2, -0.15) is 0 Å². The van der Waals surface area contributed by atoms with E-state index < -0.39 is 0 Å². The van der Waals surface area contributed by atoms with Gasteiger partial charge in [-0.15, -0.1) is 10.2 Å². The Balaban J connectivity index is 2.39. The largest absolute Gasteiger partial charge is 0.348 e. The van der Waals surface area contributed by atoms with Gasteiger partial charge in [0.05, 0.1) is 5.25 Å². The van der Waals surface area contributed by atoms with Crippen LogP contribution in [0.4, 0.5) is 0 Å². The number of benzene rings is 1. The highest BCUT2D eigenvalue weighted by Crippen LogP contribution is 2.31. The number of hydrogen-bond donors (Lipinski definition) is 0. The zero-order valence-corrected chi connectivity index (χ0v) is 16.1. The van der Waals surface area contributed by atoms with Crippen molar-refractivity contribution in [1.82, 2.24) is 19.7 Å². The number of amides is 1. The topological polar surface area (TPSA) is 51.0 Å². The monoisotopic (exact) mass is 346 g/mol. The molecule has 24 heavy (non-hydrogen) atoms. The van der Waals surface area contributed by atoms with Gasteiger partial charge < -0.3 is 9.47 Å². The molecule has 1 aromatic heterocycles. The third-order valence-corrected chi connectivity index (χ3v) is 5.45. The van der Waals surface area contributed by atoms with Gasteiger partial charge >= 0.3 is 0 Å². The van der Waals surface area contributed by atoms with Gasteiger partial charge in [-0.1, -0.05) is 49.9 Å². The van der Waals surface area contributed by atoms with Crippen LogP contribution in [0, 0.1) is 12.8 Å². The van der Waals surface area contributed by atoms with Gasteiger partial charge in [0, 0.05) is 26.2 Å². The molecule has 6 heteroatoms. The maximum absolute atomic E-state index is 12.5. The first-order chi connectivity index (χ1) is 11.4. The van der Waals surface area contributed by atoms with Crippen molar-refractivity contribution in [2.45, 2.75) is 44.6 Å². The summed E-state index contributed by atoms with van der Waals surface area (Å²) in [5.41, 5.74) is 2.25. The number of hydrogen-bond acceptors (Lipinski definition) is 4. The predicted molar refractivity (Wildman–Crippen MR) is 99.0 cm³/mol. The van der Waals surface area contributed by atoms with Gasteiger partial charge in [-0.05, 0) is 25.3 Å². The van der Waals surface area contributed by atoms with Crippen LogP contribution in [-0.2, 0) is 11.3 Å². The van der Waals surface area contributed by atoms with Gasteiger partial charge in [-0.25, -0.2) is 0 Å². The van der Waals surface area contributed by atoms with E-state index in [1.54, 1.807) is 19.0 Å². The highest BCUT2D eigenvalue weighted by molar-refractivity contribution is 8.00. The second-order valence-corrected chi connectivity index (χ2v) is 7.49. The van der Waals surface area contributed by atoms with Crippen molar-refractivity contribution >= 4 is 17.7 Å². The number of aryl methyl sites for hydroxylation is 1. The quantitative estimate of drug-likeness (QED) is 0.752. The lowest BCUT2D eigenvalue weighted by molar-refractivity contribution is -0.128. The Morgan fingerprint density at radius 3 is 2.46 bits per heavy atom. The van der Waals surface area contributed by atoms with Crippen molar-refractivity contribution < 1.29 is 4.79 Å². The first-order valence-electron chi connectivity index (χ1n) is 8.23. The molecule has 0 radical (unpaired) electrons. The van der Waals surface area contributed by atoms with Crippen LogP contribution in [0.5, 0.6) is 0 Å². The molecule has 1 atom stereocenters. The molecule has 2 rings (SSSR count). The molecular weight excluding hydrogens is 320 g/mol. The average molecular weight is 347 g/mol. The Bertz CT molecular complexity index is 709. The number of carbonyl (C=O) groups excluding carboxylic acids is 1. The van der Waals surface area contributed by atoms with Crippen LogP contribution in [0.15, 0.2) is 29.4 Å². The molecule has 1 unspecified atom stereocenters. The molecule has 0 aliphatic carbocycles. The van der Waals surface area contributed by atoms with Crippen molar-refractivity contribution in [2.24, 2.45) is 5.92 Å². The molecule has 0 N–H and O–H groups in total. The molecule has 130 valence electrons. The Morgan fingerprint density at radius 2 is 1.92 bits per heavy atom. The van der Waals surface area contributed by atoms with Crippen molar-refractivity contribution in [3.63, 3.8) is 0 Å². The number of carbonyl (C=O) groups is 1. The Kier molecular flexibility index (Phi) is 6.04. The molecule has 0 spiro atoms. The molecule has 0 fully saturated rings. The van der Waals surface area contributed by atoms with Gasteiger partial charge in [0.25, 0.3) is 0 Å². The molecule has 0 bridgehead atoms. The third-order valence-electron chi connectivity index (χ3n) is 3.94. The molecule has 2 aromatic rings. The summed E-state index contributed by atoms with van der Waals surface area (Å²) in [5.74, 6) is 1.19. The predicted octanol–water partition coefficient (Wildman–Crippen LogP) is 3.48. The SMILES string of the molecule is CCn1c(SC(C(=O)N(C)C)C(C)C)nnc1-c1ccccc1C.